The highest BCUT2D eigenvalue weighted by Crippen LogP contribution is 2.32. The van der Waals surface area contributed by atoms with Gasteiger partial charge in [0.25, 0.3) is 0 Å². The van der Waals surface area contributed by atoms with Gasteiger partial charge in [-0.05, 0) is 25.5 Å². The molecule has 24 heavy (non-hydrogen) atoms. The third kappa shape index (κ3) is 3.11. The molecule has 2 aliphatic rings. The van der Waals surface area contributed by atoms with E-state index < -0.39 is 17.3 Å². The molecule has 1 aromatic heterocycles. The van der Waals surface area contributed by atoms with E-state index in [4.69, 9.17) is 0 Å². The van der Waals surface area contributed by atoms with E-state index in [1.54, 1.807) is 22.9 Å². The third-order valence-corrected chi connectivity index (χ3v) is 4.94. The van der Waals surface area contributed by atoms with Crippen LogP contribution in [-0.4, -0.2) is 57.3 Å². The van der Waals surface area contributed by atoms with Crippen molar-refractivity contribution in [3.63, 3.8) is 0 Å². The highest BCUT2D eigenvalue weighted by atomic mass is 16.4. The monoisotopic (exact) mass is 331 g/mol. The summed E-state index contributed by atoms with van der Waals surface area (Å²) in [6.07, 6.45) is 2.31. The molecule has 0 aromatic carbocycles. The lowest BCUT2D eigenvalue weighted by molar-refractivity contribution is -0.147. The number of hydrogen-bond donors (Lipinski definition) is 1. The molecule has 0 bridgehead atoms. The van der Waals surface area contributed by atoms with Crippen LogP contribution in [0.4, 0.5) is 0 Å². The van der Waals surface area contributed by atoms with Gasteiger partial charge < -0.3 is 14.9 Å². The second kappa shape index (κ2) is 6.22. The van der Waals surface area contributed by atoms with Gasteiger partial charge in [-0.15, -0.1) is 0 Å². The van der Waals surface area contributed by atoms with Gasteiger partial charge in [-0.1, -0.05) is 6.07 Å². The fourth-order valence-corrected chi connectivity index (χ4v) is 3.36. The summed E-state index contributed by atoms with van der Waals surface area (Å²) >= 11 is 0. The molecule has 2 fully saturated rings. The maximum atomic E-state index is 12.6. The minimum absolute atomic E-state index is 0.0563. The Hall–Kier alpha value is -2.44. The number of nitrogens with zero attached hydrogens (tertiary/aromatic N) is 3. The van der Waals surface area contributed by atoms with Crippen molar-refractivity contribution in [3.8, 4) is 0 Å². The summed E-state index contributed by atoms with van der Waals surface area (Å²) in [6.45, 7) is 3.08. The zero-order chi connectivity index (χ0) is 17.3. The molecule has 2 saturated heterocycles. The molecule has 7 nitrogen and oxygen atoms in total. The van der Waals surface area contributed by atoms with Crippen LogP contribution >= 0.6 is 0 Å². The second-order valence-electron chi connectivity index (χ2n) is 6.87. The Kier molecular flexibility index (Phi) is 4.26. The summed E-state index contributed by atoms with van der Waals surface area (Å²) in [4.78, 5) is 43.6. The van der Waals surface area contributed by atoms with Gasteiger partial charge in [0.2, 0.25) is 11.8 Å². The Balaban J connectivity index is 1.61. The first-order chi connectivity index (χ1) is 11.4. The molecule has 7 heteroatoms. The van der Waals surface area contributed by atoms with E-state index in [1.807, 2.05) is 18.2 Å². The van der Waals surface area contributed by atoms with E-state index in [2.05, 4.69) is 4.98 Å². The van der Waals surface area contributed by atoms with E-state index in [-0.39, 0.29) is 24.8 Å². The molecule has 0 unspecified atom stereocenters. The summed E-state index contributed by atoms with van der Waals surface area (Å²) < 4.78 is 0. The zero-order valence-electron chi connectivity index (χ0n) is 13.6. The number of pyridine rings is 1. The molecule has 1 N–H and O–H groups in total. The van der Waals surface area contributed by atoms with Crippen LogP contribution in [0.3, 0.4) is 0 Å². The van der Waals surface area contributed by atoms with Crippen molar-refractivity contribution < 1.29 is 19.5 Å². The molecule has 0 aliphatic carbocycles. The maximum Gasteiger partial charge on any atom is 0.311 e. The molecule has 2 amide bonds. The average molecular weight is 331 g/mol. The largest absolute Gasteiger partial charge is 0.481 e. The molecule has 0 spiro atoms. The third-order valence-electron chi connectivity index (χ3n) is 4.94. The van der Waals surface area contributed by atoms with Crippen molar-refractivity contribution >= 4 is 17.8 Å². The number of carbonyl (C=O) groups is 3. The molecule has 1 aromatic rings. The summed E-state index contributed by atoms with van der Waals surface area (Å²) in [5.74, 6) is -1.44. The lowest BCUT2D eigenvalue weighted by Crippen LogP contribution is -2.38. The maximum absolute atomic E-state index is 12.6. The smallest absolute Gasteiger partial charge is 0.311 e. The van der Waals surface area contributed by atoms with Crippen molar-refractivity contribution in [2.75, 3.05) is 19.6 Å². The van der Waals surface area contributed by atoms with Crippen molar-refractivity contribution in [1.82, 2.24) is 14.8 Å². The topological polar surface area (TPSA) is 90.8 Å². The van der Waals surface area contributed by atoms with E-state index >= 15 is 0 Å². The number of hydrogen-bond acceptors (Lipinski definition) is 4. The molecule has 2 aliphatic heterocycles. The highest BCUT2D eigenvalue weighted by molar-refractivity contribution is 5.90. The molecule has 2 atom stereocenters. The normalized spacial score (nSPS) is 26.9. The molecule has 0 saturated carbocycles. The first kappa shape index (κ1) is 16.4. The van der Waals surface area contributed by atoms with Crippen LogP contribution < -0.4 is 0 Å². The number of aliphatic carboxylic acids is 1. The van der Waals surface area contributed by atoms with Crippen molar-refractivity contribution in [1.29, 1.82) is 0 Å². The zero-order valence-corrected chi connectivity index (χ0v) is 13.6. The number of carboxylic acids is 1. The molecule has 3 heterocycles. The van der Waals surface area contributed by atoms with Gasteiger partial charge in [-0.2, -0.15) is 0 Å². The van der Waals surface area contributed by atoms with E-state index in [0.717, 1.165) is 5.69 Å². The SMILES string of the molecule is C[C@@]1(C(=O)O)CCN(C(=O)[C@H]2CC(=O)N(Cc3ccccn3)C2)C1. The van der Waals surface area contributed by atoms with Gasteiger partial charge in [0.15, 0.2) is 0 Å². The van der Waals surface area contributed by atoms with Gasteiger partial charge in [-0.25, -0.2) is 0 Å². The second-order valence-corrected chi connectivity index (χ2v) is 6.87. The quantitative estimate of drug-likeness (QED) is 0.879. The number of rotatable bonds is 4. The van der Waals surface area contributed by atoms with Crippen molar-refractivity contribution in [3.05, 3.63) is 30.1 Å². The van der Waals surface area contributed by atoms with Gasteiger partial charge in [0, 0.05) is 32.3 Å². The van der Waals surface area contributed by atoms with Gasteiger partial charge in [0.1, 0.15) is 0 Å². The standard InChI is InChI=1S/C17H21N3O4/c1-17(16(23)24)5-7-19(11-17)15(22)12-8-14(21)20(9-12)10-13-4-2-3-6-18-13/h2-4,6,12H,5,7-11H2,1H3,(H,23,24)/t12-,17+/m0/s1. The van der Waals surface area contributed by atoms with Gasteiger partial charge in [0.05, 0.1) is 23.6 Å². The van der Waals surface area contributed by atoms with E-state index in [9.17, 15) is 19.5 Å². The number of likely N-dealkylation sites (tertiary alicyclic amines) is 2. The fourth-order valence-electron chi connectivity index (χ4n) is 3.36. The number of aromatic nitrogens is 1. The van der Waals surface area contributed by atoms with Gasteiger partial charge >= 0.3 is 5.97 Å². The van der Waals surface area contributed by atoms with E-state index in [1.165, 1.54) is 0 Å². The van der Waals surface area contributed by atoms with Crippen LogP contribution in [0.15, 0.2) is 24.4 Å². The Morgan fingerprint density at radius 3 is 2.83 bits per heavy atom. The summed E-state index contributed by atoms with van der Waals surface area (Å²) in [6, 6.07) is 5.53. The Morgan fingerprint density at radius 1 is 1.42 bits per heavy atom. The summed E-state index contributed by atoms with van der Waals surface area (Å²) in [5.41, 5.74) is -0.0927. The number of carbonyl (C=O) groups excluding carboxylic acids is 2. The summed E-state index contributed by atoms with van der Waals surface area (Å²) in [7, 11) is 0. The van der Waals surface area contributed by atoms with Crippen LogP contribution in [-0.2, 0) is 20.9 Å². The van der Waals surface area contributed by atoms with Crippen LogP contribution in [0, 0.1) is 11.3 Å². The first-order valence-electron chi connectivity index (χ1n) is 8.09. The fraction of sp³-hybridized carbons (Fsp3) is 0.529. The molecular weight excluding hydrogens is 310 g/mol. The minimum Gasteiger partial charge on any atom is -0.481 e. The van der Waals surface area contributed by atoms with Crippen molar-refractivity contribution in [2.24, 2.45) is 11.3 Å². The lowest BCUT2D eigenvalue weighted by atomic mass is 9.90. The van der Waals surface area contributed by atoms with Crippen LogP contribution in [0.1, 0.15) is 25.5 Å². The molecule has 128 valence electrons. The van der Waals surface area contributed by atoms with Crippen LogP contribution in [0.5, 0.6) is 0 Å². The predicted octanol–water partition coefficient (Wildman–Crippen LogP) is 0.753. The van der Waals surface area contributed by atoms with E-state index in [0.29, 0.717) is 26.1 Å². The summed E-state index contributed by atoms with van der Waals surface area (Å²) in [5, 5.41) is 9.28. The van der Waals surface area contributed by atoms with Gasteiger partial charge in [-0.3, -0.25) is 19.4 Å². The van der Waals surface area contributed by atoms with Crippen molar-refractivity contribution in [2.45, 2.75) is 26.3 Å². The Morgan fingerprint density at radius 2 is 2.21 bits per heavy atom. The minimum atomic E-state index is -0.883. The molecule has 3 rings (SSSR count). The molecule has 0 radical (unpaired) electrons. The number of amides is 2. The average Bonchev–Trinajstić information content (AvgIpc) is 3.13. The number of carboxylic acid groups (broad SMARTS) is 1. The predicted molar refractivity (Wildman–Crippen MR) is 84.7 cm³/mol. The Bertz CT molecular complexity index is 663. The highest BCUT2D eigenvalue weighted by Gasteiger charge is 2.45. The van der Waals surface area contributed by atoms with Crippen LogP contribution in [0.2, 0.25) is 0 Å². The molecular formula is C17H21N3O4. The van der Waals surface area contributed by atoms with Crippen LogP contribution in [0.25, 0.3) is 0 Å². The Labute approximate surface area is 140 Å². The first-order valence-corrected chi connectivity index (χ1v) is 8.09. The lowest BCUT2D eigenvalue weighted by Gasteiger charge is -2.23.